The van der Waals surface area contributed by atoms with E-state index in [2.05, 4.69) is 34.1 Å². The Morgan fingerprint density at radius 2 is 1.88 bits per heavy atom. The van der Waals surface area contributed by atoms with Gasteiger partial charge in [-0.3, -0.25) is 4.98 Å². The summed E-state index contributed by atoms with van der Waals surface area (Å²) in [5.74, 6) is 0. The lowest BCUT2D eigenvalue weighted by Gasteiger charge is -1.99. The molecule has 0 unspecified atom stereocenters. The number of hydrogen-bond acceptors (Lipinski definition) is 2. The van der Waals surface area contributed by atoms with Crippen molar-refractivity contribution in [2.45, 2.75) is 13.0 Å². The molecule has 0 spiro atoms. The highest BCUT2D eigenvalue weighted by atomic mass is 79.9. The molecule has 2 aromatic rings. The first-order valence-electron chi connectivity index (χ1n) is 5.51. The molecular formula is C13H16BrN3. The van der Waals surface area contributed by atoms with E-state index in [9.17, 15) is 0 Å². The summed E-state index contributed by atoms with van der Waals surface area (Å²) in [6, 6.07) is 10.1. The van der Waals surface area contributed by atoms with Gasteiger partial charge in [0.05, 0.1) is 5.69 Å². The first-order valence-corrected chi connectivity index (χ1v) is 5.51. The minimum atomic E-state index is 0. The van der Waals surface area contributed by atoms with Crippen LogP contribution in [0.3, 0.4) is 0 Å². The van der Waals surface area contributed by atoms with Crippen LogP contribution in [0.5, 0.6) is 0 Å². The zero-order valence-corrected chi connectivity index (χ0v) is 11.2. The van der Waals surface area contributed by atoms with Crippen LogP contribution in [0, 0.1) is 0 Å². The Labute approximate surface area is 112 Å². The van der Waals surface area contributed by atoms with Gasteiger partial charge in [-0.05, 0) is 18.7 Å². The summed E-state index contributed by atoms with van der Waals surface area (Å²) in [4.78, 5) is 4.31. The molecule has 0 amide bonds. The number of aryl methyl sites for hydroxylation is 1. The molecule has 0 saturated carbocycles. The molecule has 0 aliphatic heterocycles. The Kier molecular flexibility index (Phi) is 5.80. The predicted octanol–water partition coefficient (Wildman–Crippen LogP) is -1.61. The fraction of sp³-hybridized carbons (Fsp3) is 0.231. The zero-order valence-electron chi connectivity index (χ0n) is 9.59. The second-order valence-electron chi connectivity index (χ2n) is 3.68. The fourth-order valence-electron chi connectivity index (χ4n) is 1.58. The smallest absolute Gasteiger partial charge is 0.169 e. The van der Waals surface area contributed by atoms with Gasteiger partial charge in [0, 0.05) is 30.3 Å². The molecule has 0 aliphatic carbocycles. The first kappa shape index (κ1) is 13.8. The van der Waals surface area contributed by atoms with E-state index in [4.69, 9.17) is 5.73 Å². The minimum absolute atomic E-state index is 0. The van der Waals surface area contributed by atoms with Gasteiger partial charge in [0.2, 0.25) is 0 Å². The molecule has 2 N–H and O–H groups in total. The highest BCUT2D eigenvalue weighted by Crippen LogP contribution is 2.13. The number of hydrogen-bond donors (Lipinski definition) is 1. The van der Waals surface area contributed by atoms with Crippen molar-refractivity contribution in [2.75, 3.05) is 6.54 Å². The molecule has 0 radical (unpaired) electrons. The van der Waals surface area contributed by atoms with Crippen LogP contribution in [-0.4, -0.2) is 11.5 Å². The maximum atomic E-state index is 5.47. The lowest BCUT2D eigenvalue weighted by atomic mass is 10.2. The van der Waals surface area contributed by atoms with Crippen molar-refractivity contribution in [3.8, 4) is 11.3 Å². The molecule has 0 bridgehead atoms. The Morgan fingerprint density at radius 3 is 2.47 bits per heavy atom. The SMILES string of the molecule is NCCC[n+]1ccc(-c2ccccn2)cc1.[Br-]. The van der Waals surface area contributed by atoms with Gasteiger partial charge < -0.3 is 22.7 Å². The first-order chi connectivity index (χ1) is 7.90. The average molecular weight is 294 g/mol. The van der Waals surface area contributed by atoms with E-state index in [1.807, 2.05) is 24.4 Å². The van der Waals surface area contributed by atoms with Crippen LogP contribution in [0.4, 0.5) is 0 Å². The molecule has 0 aromatic carbocycles. The van der Waals surface area contributed by atoms with Crippen molar-refractivity contribution in [2.24, 2.45) is 5.73 Å². The number of nitrogens with two attached hydrogens (primary N) is 1. The van der Waals surface area contributed by atoms with Crippen molar-refractivity contribution in [1.29, 1.82) is 0 Å². The second-order valence-corrected chi connectivity index (χ2v) is 3.68. The molecule has 0 saturated heterocycles. The summed E-state index contributed by atoms with van der Waals surface area (Å²) in [7, 11) is 0. The molecule has 2 rings (SSSR count). The van der Waals surface area contributed by atoms with Gasteiger partial charge in [-0.15, -0.1) is 0 Å². The number of rotatable bonds is 4. The van der Waals surface area contributed by atoms with E-state index < -0.39 is 0 Å². The molecule has 90 valence electrons. The quantitative estimate of drug-likeness (QED) is 0.690. The van der Waals surface area contributed by atoms with Gasteiger partial charge in [0.1, 0.15) is 6.54 Å². The summed E-state index contributed by atoms with van der Waals surface area (Å²) in [6.07, 6.45) is 6.96. The molecule has 0 atom stereocenters. The van der Waals surface area contributed by atoms with Gasteiger partial charge in [0.15, 0.2) is 12.4 Å². The summed E-state index contributed by atoms with van der Waals surface area (Å²) >= 11 is 0. The number of pyridine rings is 2. The summed E-state index contributed by atoms with van der Waals surface area (Å²) in [6.45, 7) is 1.70. The van der Waals surface area contributed by atoms with Crippen molar-refractivity contribution in [3.05, 3.63) is 48.9 Å². The summed E-state index contributed by atoms with van der Waals surface area (Å²) < 4.78 is 2.14. The third-order valence-corrected chi connectivity index (χ3v) is 2.47. The minimum Gasteiger partial charge on any atom is -1.00 e. The summed E-state index contributed by atoms with van der Waals surface area (Å²) in [5, 5.41) is 0. The Morgan fingerprint density at radius 1 is 1.12 bits per heavy atom. The molecule has 3 nitrogen and oxygen atoms in total. The Hall–Kier alpha value is -1.26. The Balaban J connectivity index is 0.00000144. The number of aromatic nitrogens is 2. The topological polar surface area (TPSA) is 42.8 Å². The van der Waals surface area contributed by atoms with Crippen LogP contribution in [0.15, 0.2) is 48.9 Å². The maximum Gasteiger partial charge on any atom is 0.169 e. The van der Waals surface area contributed by atoms with Crippen molar-refractivity contribution in [3.63, 3.8) is 0 Å². The van der Waals surface area contributed by atoms with Gasteiger partial charge in [-0.1, -0.05) is 6.07 Å². The van der Waals surface area contributed by atoms with Crippen LogP contribution in [0.1, 0.15) is 6.42 Å². The maximum absolute atomic E-state index is 5.47. The van der Waals surface area contributed by atoms with E-state index in [-0.39, 0.29) is 17.0 Å². The third-order valence-electron chi connectivity index (χ3n) is 2.47. The molecule has 0 aliphatic rings. The van der Waals surface area contributed by atoms with Crippen molar-refractivity contribution >= 4 is 0 Å². The third kappa shape index (κ3) is 3.91. The monoisotopic (exact) mass is 293 g/mol. The van der Waals surface area contributed by atoms with Gasteiger partial charge in [-0.2, -0.15) is 0 Å². The second kappa shape index (κ2) is 7.14. The standard InChI is InChI=1S/C13H16N3.BrH/c14-7-3-9-16-10-5-12(6-11-16)13-4-1-2-8-15-13;/h1-2,4-6,8,10-11H,3,7,9,14H2;1H/q+1;/p-1. The lowest BCUT2D eigenvalue weighted by molar-refractivity contribution is -0.697. The van der Waals surface area contributed by atoms with E-state index in [1.54, 1.807) is 0 Å². The normalized spacial score (nSPS) is 9.71. The Bertz CT molecular complexity index is 428. The van der Waals surface area contributed by atoms with Gasteiger partial charge in [0.25, 0.3) is 0 Å². The van der Waals surface area contributed by atoms with Gasteiger partial charge in [-0.25, -0.2) is 4.57 Å². The summed E-state index contributed by atoms with van der Waals surface area (Å²) in [5.41, 5.74) is 7.62. The van der Waals surface area contributed by atoms with E-state index in [0.29, 0.717) is 0 Å². The van der Waals surface area contributed by atoms with Crippen LogP contribution in [0.2, 0.25) is 0 Å². The van der Waals surface area contributed by atoms with Crippen LogP contribution < -0.4 is 27.3 Å². The number of halogens is 1. The molecule has 4 heteroatoms. The van der Waals surface area contributed by atoms with E-state index in [0.717, 1.165) is 30.8 Å². The number of nitrogens with zero attached hydrogens (tertiary/aromatic N) is 2. The van der Waals surface area contributed by atoms with E-state index in [1.165, 1.54) is 0 Å². The molecule has 0 fully saturated rings. The predicted molar refractivity (Wildman–Crippen MR) is 63.5 cm³/mol. The molecule has 2 heterocycles. The van der Waals surface area contributed by atoms with Crippen molar-refractivity contribution in [1.82, 2.24) is 4.98 Å². The van der Waals surface area contributed by atoms with Crippen LogP contribution >= 0.6 is 0 Å². The highest BCUT2D eigenvalue weighted by Gasteiger charge is 2.02. The lowest BCUT2D eigenvalue weighted by Crippen LogP contribution is -3.00. The highest BCUT2D eigenvalue weighted by molar-refractivity contribution is 5.56. The van der Waals surface area contributed by atoms with Crippen LogP contribution in [0.25, 0.3) is 11.3 Å². The van der Waals surface area contributed by atoms with Crippen LogP contribution in [-0.2, 0) is 6.54 Å². The molecule has 2 aromatic heterocycles. The fourth-order valence-corrected chi connectivity index (χ4v) is 1.58. The largest absolute Gasteiger partial charge is 1.00 e. The zero-order chi connectivity index (χ0) is 11.2. The van der Waals surface area contributed by atoms with Crippen molar-refractivity contribution < 1.29 is 21.5 Å². The molecular weight excluding hydrogens is 278 g/mol. The van der Waals surface area contributed by atoms with Gasteiger partial charge >= 0.3 is 0 Å². The average Bonchev–Trinajstić information content (AvgIpc) is 2.38. The van der Waals surface area contributed by atoms with E-state index >= 15 is 0 Å². The molecule has 17 heavy (non-hydrogen) atoms.